The van der Waals surface area contributed by atoms with Gasteiger partial charge in [0, 0.05) is 0 Å². The van der Waals surface area contributed by atoms with Crippen molar-refractivity contribution >= 4 is 23.7 Å². The molecule has 0 radical (unpaired) electrons. The van der Waals surface area contributed by atoms with Crippen molar-refractivity contribution in [2.75, 3.05) is 0 Å². The summed E-state index contributed by atoms with van der Waals surface area (Å²) in [4.78, 5) is 0. The minimum absolute atomic E-state index is 0.750. The van der Waals surface area contributed by atoms with Crippen molar-refractivity contribution in [3.05, 3.63) is 48.6 Å². The molecular formula is C10H10O2S. The normalized spacial score (nSPS) is 7.69. The van der Waals surface area contributed by atoms with Gasteiger partial charge in [-0.2, -0.15) is 8.42 Å². The van der Waals surface area contributed by atoms with Crippen molar-refractivity contribution in [3.63, 3.8) is 0 Å². The molecule has 0 saturated heterocycles. The Bertz CT molecular complexity index is 281. The SMILES string of the molecule is C=Cc1ccc(C=C)cc1.O=S=O. The second kappa shape index (κ2) is 7.18. The van der Waals surface area contributed by atoms with Crippen LogP contribution in [-0.4, -0.2) is 8.42 Å². The van der Waals surface area contributed by atoms with Crippen molar-refractivity contribution in [3.8, 4) is 0 Å². The Kier molecular flexibility index (Phi) is 6.37. The predicted molar refractivity (Wildman–Crippen MR) is 55.5 cm³/mol. The zero-order valence-corrected chi connectivity index (χ0v) is 7.92. The molecule has 0 heterocycles. The standard InChI is InChI=1S/C10H10.O2S/c1-3-9-5-7-10(4-2)8-6-9;1-3-2/h3-8H,1-2H2;. The quantitative estimate of drug-likeness (QED) is 0.724. The monoisotopic (exact) mass is 194 g/mol. The van der Waals surface area contributed by atoms with E-state index < -0.39 is 11.6 Å². The molecule has 0 N–H and O–H groups in total. The molecule has 0 fully saturated rings. The zero-order chi connectivity index (χ0) is 10.1. The summed E-state index contributed by atoms with van der Waals surface area (Å²) in [6, 6.07) is 8.07. The molecule has 1 rings (SSSR count). The summed E-state index contributed by atoms with van der Waals surface area (Å²) in [7, 11) is 0. The van der Waals surface area contributed by atoms with Crippen LogP contribution < -0.4 is 0 Å². The van der Waals surface area contributed by atoms with E-state index in [1.807, 2.05) is 36.4 Å². The Hall–Kier alpha value is -1.48. The first-order valence-electron chi connectivity index (χ1n) is 3.55. The highest BCUT2D eigenvalue weighted by Crippen LogP contribution is 2.05. The van der Waals surface area contributed by atoms with E-state index in [1.165, 1.54) is 0 Å². The minimum Gasteiger partial charge on any atom is -0.168 e. The topological polar surface area (TPSA) is 34.1 Å². The molecule has 0 saturated carbocycles. The fourth-order valence-electron chi connectivity index (χ4n) is 0.768. The van der Waals surface area contributed by atoms with Crippen LogP contribution >= 0.6 is 0 Å². The van der Waals surface area contributed by atoms with Gasteiger partial charge in [-0.25, -0.2) is 0 Å². The molecule has 0 aliphatic carbocycles. The molecule has 0 aromatic heterocycles. The summed E-state index contributed by atoms with van der Waals surface area (Å²) in [6.45, 7) is 7.32. The Morgan fingerprint density at radius 1 is 0.923 bits per heavy atom. The second-order valence-electron chi connectivity index (χ2n) is 2.14. The summed E-state index contributed by atoms with van der Waals surface area (Å²) >= 11 is -0.750. The lowest BCUT2D eigenvalue weighted by molar-refractivity contribution is 0.630. The number of hydrogen-bond donors (Lipinski definition) is 0. The summed E-state index contributed by atoms with van der Waals surface area (Å²) in [5.74, 6) is 0. The van der Waals surface area contributed by atoms with E-state index in [4.69, 9.17) is 8.42 Å². The molecule has 1 aromatic rings. The Morgan fingerprint density at radius 3 is 1.31 bits per heavy atom. The number of hydrogen-bond acceptors (Lipinski definition) is 2. The first kappa shape index (κ1) is 11.5. The molecule has 13 heavy (non-hydrogen) atoms. The predicted octanol–water partition coefficient (Wildman–Crippen LogP) is 2.30. The third kappa shape index (κ3) is 4.87. The first-order valence-corrected chi connectivity index (χ1v) is 4.22. The van der Waals surface area contributed by atoms with Crippen LogP contribution in [0.15, 0.2) is 37.4 Å². The van der Waals surface area contributed by atoms with Gasteiger partial charge in [0.1, 0.15) is 0 Å². The highest BCUT2D eigenvalue weighted by molar-refractivity contribution is 7.51. The third-order valence-corrected chi connectivity index (χ3v) is 1.41. The molecule has 2 nitrogen and oxygen atoms in total. The molecule has 0 aliphatic heterocycles. The maximum absolute atomic E-state index is 8.29. The molecule has 68 valence electrons. The van der Waals surface area contributed by atoms with Gasteiger partial charge in [-0.15, -0.1) is 0 Å². The highest BCUT2D eigenvalue weighted by Gasteiger charge is 1.84. The van der Waals surface area contributed by atoms with Crippen LogP contribution in [0.5, 0.6) is 0 Å². The molecule has 0 amide bonds. The third-order valence-electron chi connectivity index (χ3n) is 1.41. The summed E-state index contributed by atoms with van der Waals surface area (Å²) in [5.41, 5.74) is 2.29. The summed E-state index contributed by atoms with van der Waals surface area (Å²) < 4.78 is 16.6. The van der Waals surface area contributed by atoms with Crippen molar-refractivity contribution in [1.82, 2.24) is 0 Å². The van der Waals surface area contributed by atoms with E-state index in [2.05, 4.69) is 13.2 Å². The molecule has 3 heteroatoms. The van der Waals surface area contributed by atoms with E-state index in [9.17, 15) is 0 Å². The van der Waals surface area contributed by atoms with Gasteiger partial charge in [-0.3, -0.25) is 0 Å². The lowest BCUT2D eigenvalue weighted by Crippen LogP contribution is -1.71. The molecule has 0 unspecified atom stereocenters. The van der Waals surface area contributed by atoms with Crippen molar-refractivity contribution in [2.45, 2.75) is 0 Å². The molecule has 1 aromatic carbocycles. The fraction of sp³-hybridized carbons (Fsp3) is 0. The van der Waals surface area contributed by atoms with E-state index >= 15 is 0 Å². The average molecular weight is 194 g/mol. The van der Waals surface area contributed by atoms with Crippen molar-refractivity contribution in [2.24, 2.45) is 0 Å². The van der Waals surface area contributed by atoms with Gasteiger partial charge >= 0.3 is 11.6 Å². The van der Waals surface area contributed by atoms with E-state index in [0.717, 1.165) is 11.1 Å². The molecule has 0 bridgehead atoms. The van der Waals surface area contributed by atoms with Gasteiger partial charge in [0.2, 0.25) is 0 Å². The molecule has 0 spiro atoms. The summed E-state index contributed by atoms with van der Waals surface area (Å²) in [6.07, 6.45) is 3.65. The maximum atomic E-state index is 8.29. The van der Waals surface area contributed by atoms with Crippen LogP contribution in [0, 0.1) is 0 Å². The molecular weight excluding hydrogens is 184 g/mol. The van der Waals surface area contributed by atoms with Crippen LogP contribution in [0.2, 0.25) is 0 Å². The lowest BCUT2D eigenvalue weighted by Gasteiger charge is -1.92. The van der Waals surface area contributed by atoms with Crippen LogP contribution in [0.25, 0.3) is 12.2 Å². The maximum Gasteiger partial charge on any atom is 0.335 e. The Labute approximate surface area is 81.2 Å². The lowest BCUT2D eigenvalue weighted by atomic mass is 10.1. The van der Waals surface area contributed by atoms with E-state index in [1.54, 1.807) is 0 Å². The Balaban J connectivity index is 0.000000424. The van der Waals surface area contributed by atoms with Gasteiger partial charge in [-0.1, -0.05) is 49.6 Å². The van der Waals surface area contributed by atoms with E-state index in [-0.39, 0.29) is 0 Å². The van der Waals surface area contributed by atoms with Crippen LogP contribution in [0.1, 0.15) is 11.1 Å². The second-order valence-corrected chi connectivity index (χ2v) is 2.28. The largest absolute Gasteiger partial charge is 0.335 e. The molecule has 0 atom stereocenters. The van der Waals surface area contributed by atoms with Gasteiger partial charge in [0.05, 0.1) is 0 Å². The Morgan fingerprint density at radius 2 is 1.15 bits per heavy atom. The van der Waals surface area contributed by atoms with Crippen LogP contribution in [-0.2, 0) is 11.6 Å². The van der Waals surface area contributed by atoms with Gasteiger partial charge in [0.25, 0.3) is 0 Å². The average Bonchev–Trinajstić information content (AvgIpc) is 2.19. The van der Waals surface area contributed by atoms with Crippen LogP contribution in [0.4, 0.5) is 0 Å². The van der Waals surface area contributed by atoms with Crippen molar-refractivity contribution < 1.29 is 8.42 Å². The number of benzene rings is 1. The smallest absolute Gasteiger partial charge is 0.168 e. The fourth-order valence-corrected chi connectivity index (χ4v) is 0.768. The number of rotatable bonds is 2. The van der Waals surface area contributed by atoms with Crippen LogP contribution in [0.3, 0.4) is 0 Å². The minimum atomic E-state index is -0.750. The van der Waals surface area contributed by atoms with Gasteiger partial charge < -0.3 is 0 Å². The zero-order valence-electron chi connectivity index (χ0n) is 7.10. The van der Waals surface area contributed by atoms with Crippen molar-refractivity contribution in [1.29, 1.82) is 0 Å². The summed E-state index contributed by atoms with van der Waals surface area (Å²) in [5, 5.41) is 0. The first-order chi connectivity index (χ1) is 6.28. The highest BCUT2D eigenvalue weighted by atomic mass is 32.1. The van der Waals surface area contributed by atoms with Gasteiger partial charge in [-0.05, 0) is 11.1 Å². The van der Waals surface area contributed by atoms with Gasteiger partial charge in [0.15, 0.2) is 0 Å². The molecule has 0 aliphatic rings. The van der Waals surface area contributed by atoms with E-state index in [0.29, 0.717) is 0 Å².